The smallest absolute Gasteiger partial charge is 0.367 e. The van der Waals surface area contributed by atoms with Crippen LogP contribution in [-0.2, 0) is 35.0 Å². The van der Waals surface area contributed by atoms with Gasteiger partial charge in [-0.2, -0.15) is 0 Å². The van der Waals surface area contributed by atoms with Crippen LogP contribution in [0.2, 0.25) is 0 Å². The summed E-state index contributed by atoms with van der Waals surface area (Å²) in [6, 6.07) is 4.03. The molecule has 5 aliphatic rings. The zero-order valence-electron chi connectivity index (χ0n) is 24.2. The van der Waals surface area contributed by atoms with Gasteiger partial charge in [0.2, 0.25) is 6.79 Å². The van der Waals surface area contributed by atoms with Crippen molar-refractivity contribution in [2.75, 3.05) is 34.1 Å². The molecule has 1 aromatic carbocycles. The van der Waals surface area contributed by atoms with Crippen molar-refractivity contribution < 1.29 is 47.9 Å². The van der Waals surface area contributed by atoms with Crippen LogP contribution in [0.25, 0.3) is 0 Å². The standard InChI is InChI=1S/C30H36INO10/c1-28(2,42-27(31)35)8-5-9-29(36,14-21(33)37-3)26(34)41-25-22-17-13-20-19(39-15-40-20)12-16(17)6-10-32-11-7-18-23(24(25)38-4)30(18,22)32/h12-13,18,22,25,36H,5-11,14-15H2,1-4H3/t18?,22-,25+,29-,30?/m1/s1. The van der Waals surface area contributed by atoms with Crippen molar-refractivity contribution in [3.63, 3.8) is 0 Å². The van der Waals surface area contributed by atoms with E-state index in [4.69, 9.17) is 28.4 Å². The summed E-state index contributed by atoms with van der Waals surface area (Å²) in [6.07, 6.45) is 1.01. The molecule has 42 heavy (non-hydrogen) atoms. The van der Waals surface area contributed by atoms with E-state index in [0.717, 1.165) is 42.6 Å². The topological polar surface area (TPSA) is 130 Å². The normalized spacial score (nSPS) is 28.2. The zero-order valence-corrected chi connectivity index (χ0v) is 26.4. The minimum Gasteiger partial charge on any atom is -0.497 e. The van der Waals surface area contributed by atoms with Crippen molar-refractivity contribution in [1.29, 1.82) is 0 Å². The second-order valence-electron chi connectivity index (χ2n) is 12.3. The molecule has 1 aromatic rings. The number of fused-ring (bicyclic) bond motifs is 4. The molecule has 5 atom stereocenters. The third-order valence-corrected chi connectivity index (χ3v) is 9.80. The summed E-state index contributed by atoms with van der Waals surface area (Å²) in [4.78, 5) is 40.2. The lowest BCUT2D eigenvalue weighted by Crippen LogP contribution is -2.47. The van der Waals surface area contributed by atoms with Crippen LogP contribution >= 0.6 is 22.6 Å². The van der Waals surface area contributed by atoms with Crippen molar-refractivity contribution in [1.82, 2.24) is 4.90 Å². The molecule has 12 heteroatoms. The molecule has 6 rings (SSSR count). The van der Waals surface area contributed by atoms with Gasteiger partial charge in [0, 0.05) is 12.5 Å². The number of esters is 2. The summed E-state index contributed by atoms with van der Waals surface area (Å²) in [6.45, 7) is 5.45. The Balaban J connectivity index is 1.31. The van der Waals surface area contributed by atoms with E-state index in [-0.39, 0.29) is 31.1 Å². The van der Waals surface area contributed by atoms with Crippen LogP contribution < -0.4 is 9.47 Å². The van der Waals surface area contributed by atoms with Crippen molar-refractivity contribution in [3.8, 4) is 11.5 Å². The van der Waals surface area contributed by atoms with Gasteiger partial charge in [-0.05, 0) is 81.3 Å². The highest BCUT2D eigenvalue weighted by atomic mass is 127. The summed E-state index contributed by atoms with van der Waals surface area (Å²) in [7, 11) is 2.79. The van der Waals surface area contributed by atoms with Gasteiger partial charge in [-0.25, -0.2) is 9.59 Å². The predicted molar refractivity (Wildman–Crippen MR) is 155 cm³/mol. The van der Waals surface area contributed by atoms with Crippen molar-refractivity contribution in [3.05, 3.63) is 34.6 Å². The van der Waals surface area contributed by atoms with Crippen LogP contribution in [-0.4, -0.2) is 82.9 Å². The van der Waals surface area contributed by atoms with Crippen LogP contribution in [0.4, 0.5) is 4.79 Å². The van der Waals surface area contributed by atoms with Crippen molar-refractivity contribution in [2.24, 2.45) is 5.92 Å². The van der Waals surface area contributed by atoms with Gasteiger partial charge < -0.3 is 33.5 Å². The Morgan fingerprint density at radius 3 is 2.57 bits per heavy atom. The SMILES string of the molecule is COC(=O)C[C@](O)(CCCC(C)(C)OC(=O)I)C(=O)O[C@@H]1C(OC)=C2C3CCN4CCc5cc6c(cc5[C@H]1C234)OCO6. The lowest BCUT2D eigenvalue weighted by atomic mass is 9.82. The molecule has 11 nitrogen and oxygen atoms in total. The molecular weight excluding hydrogens is 661 g/mol. The second kappa shape index (κ2) is 10.5. The molecule has 3 heterocycles. The van der Waals surface area contributed by atoms with E-state index in [0.29, 0.717) is 29.6 Å². The first kappa shape index (κ1) is 29.5. The Morgan fingerprint density at radius 2 is 1.88 bits per heavy atom. The molecule has 2 aliphatic carbocycles. The molecule has 1 saturated carbocycles. The fourth-order valence-corrected chi connectivity index (χ4v) is 8.38. The number of aliphatic hydroxyl groups is 1. The molecule has 2 unspecified atom stereocenters. The number of rotatable bonds is 10. The van der Waals surface area contributed by atoms with Crippen LogP contribution in [0.15, 0.2) is 23.5 Å². The number of methoxy groups -OCH3 is 2. The van der Waals surface area contributed by atoms with Gasteiger partial charge in [0.15, 0.2) is 23.2 Å². The first-order chi connectivity index (χ1) is 19.9. The quantitative estimate of drug-likeness (QED) is 0.166. The van der Waals surface area contributed by atoms with Crippen LogP contribution in [0, 0.1) is 5.92 Å². The molecule has 3 aliphatic heterocycles. The Kier molecular flexibility index (Phi) is 7.41. The van der Waals surface area contributed by atoms with Crippen molar-refractivity contribution >= 4 is 38.5 Å². The molecule has 2 fully saturated rings. The van der Waals surface area contributed by atoms with E-state index in [1.165, 1.54) is 7.11 Å². The number of nitrogens with zero attached hydrogens (tertiary/aromatic N) is 1. The van der Waals surface area contributed by atoms with E-state index in [9.17, 15) is 19.5 Å². The summed E-state index contributed by atoms with van der Waals surface area (Å²) < 4.78 is 33.3. The monoisotopic (exact) mass is 697 g/mol. The third kappa shape index (κ3) is 4.64. The largest absolute Gasteiger partial charge is 0.497 e. The van der Waals surface area contributed by atoms with Gasteiger partial charge in [0.05, 0.1) is 54.7 Å². The van der Waals surface area contributed by atoms with Gasteiger partial charge in [-0.1, -0.05) is 0 Å². The molecule has 1 N–H and O–H groups in total. The Hall–Kier alpha value is -2.58. The Labute approximate surface area is 257 Å². The summed E-state index contributed by atoms with van der Waals surface area (Å²) >= 11 is 1.56. The number of piperidine rings is 1. The van der Waals surface area contributed by atoms with Gasteiger partial charge in [0.25, 0.3) is 0 Å². The fraction of sp³-hybridized carbons (Fsp3) is 0.633. The Bertz CT molecular complexity index is 1360. The van der Waals surface area contributed by atoms with Crippen LogP contribution in [0.1, 0.15) is 63.0 Å². The molecule has 1 saturated heterocycles. The van der Waals surface area contributed by atoms with E-state index in [1.807, 2.05) is 12.1 Å². The van der Waals surface area contributed by atoms with E-state index >= 15 is 0 Å². The molecule has 0 aromatic heterocycles. The lowest BCUT2D eigenvalue weighted by molar-refractivity contribution is -0.178. The van der Waals surface area contributed by atoms with Crippen molar-refractivity contribution in [2.45, 2.75) is 81.1 Å². The third-order valence-electron chi connectivity index (χ3n) is 9.58. The van der Waals surface area contributed by atoms with E-state index in [1.54, 1.807) is 43.5 Å². The summed E-state index contributed by atoms with van der Waals surface area (Å²) in [5, 5.41) is 11.7. The molecule has 0 radical (unpaired) electrons. The molecular formula is C30H36INO10. The van der Waals surface area contributed by atoms with Gasteiger partial charge in [-0.15, -0.1) is 0 Å². The highest BCUT2D eigenvalue weighted by Crippen LogP contribution is 2.74. The summed E-state index contributed by atoms with van der Waals surface area (Å²) in [5.74, 6) is 0.362. The average molecular weight is 698 g/mol. The molecule has 0 bridgehead atoms. The number of hydrogen-bond donors (Lipinski definition) is 1. The van der Waals surface area contributed by atoms with Crippen LogP contribution in [0.3, 0.4) is 0 Å². The van der Waals surface area contributed by atoms with E-state index in [2.05, 4.69) is 4.90 Å². The number of halogens is 1. The molecule has 228 valence electrons. The maximum Gasteiger partial charge on any atom is 0.367 e. The first-order valence-corrected chi connectivity index (χ1v) is 15.4. The number of benzene rings is 1. The maximum atomic E-state index is 13.9. The Morgan fingerprint density at radius 1 is 1.14 bits per heavy atom. The van der Waals surface area contributed by atoms with Gasteiger partial charge in [0.1, 0.15) is 11.4 Å². The lowest BCUT2D eigenvalue weighted by Gasteiger charge is -2.35. The average Bonchev–Trinajstić information content (AvgIpc) is 3.20. The zero-order chi connectivity index (χ0) is 30.0. The highest BCUT2D eigenvalue weighted by Gasteiger charge is 2.79. The minimum absolute atomic E-state index is 0.0887. The number of carbonyl (C=O) groups is 3. The van der Waals surface area contributed by atoms with Gasteiger partial charge in [-0.3, -0.25) is 9.69 Å². The van der Waals surface area contributed by atoms with Gasteiger partial charge >= 0.3 is 15.9 Å². The number of hydrogen-bond acceptors (Lipinski definition) is 11. The fourth-order valence-electron chi connectivity index (χ4n) is 7.79. The predicted octanol–water partition coefficient (Wildman–Crippen LogP) is 3.77. The summed E-state index contributed by atoms with van der Waals surface area (Å²) in [5.41, 5.74) is 0.000474. The first-order valence-electron chi connectivity index (χ1n) is 14.3. The van der Waals surface area contributed by atoms with Crippen LogP contribution in [0.5, 0.6) is 11.5 Å². The second-order valence-corrected chi connectivity index (χ2v) is 13.2. The minimum atomic E-state index is -2.15. The maximum absolute atomic E-state index is 13.9. The highest BCUT2D eigenvalue weighted by molar-refractivity contribution is 14.1. The number of carbonyl (C=O) groups excluding carboxylic acids is 3. The molecule has 1 spiro atoms. The van der Waals surface area contributed by atoms with E-state index < -0.39 is 39.6 Å². The molecule has 0 amide bonds. The number of ether oxygens (including phenoxy) is 6.